The molecule has 4 saturated carbocycles. The summed E-state index contributed by atoms with van der Waals surface area (Å²) in [4.78, 5) is 39.1. The third-order valence-electron chi connectivity index (χ3n) is 15.7. The second-order valence-electron chi connectivity index (χ2n) is 17.9. The van der Waals surface area contributed by atoms with Crippen LogP contribution in [0.4, 0.5) is 0 Å². The first-order chi connectivity index (χ1) is 22.8. The van der Waals surface area contributed by atoms with Crippen molar-refractivity contribution in [2.24, 2.45) is 50.2 Å². The third-order valence-corrected chi connectivity index (χ3v) is 15.7. The van der Waals surface area contributed by atoms with Crippen LogP contribution in [0, 0.1) is 50.2 Å². The topological polar surface area (TPSA) is 169 Å². The largest absolute Gasteiger partial charge is 0.469 e. The zero-order valence-electron chi connectivity index (χ0n) is 30.5. The summed E-state index contributed by atoms with van der Waals surface area (Å²) in [6.07, 6.45) is 0.410. The molecule has 15 unspecified atom stereocenters. The van der Waals surface area contributed by atoms with Crippen molar-refractivity contribution in [3.8, 4) is 0 Å². The van der Waals surface area contributed by atoms with Gasteiger partial charge in [-0.1, -0.05) is 46.3 Å². The molecule has 49 heavy (non-hydrogen) atoms. The summed E-state index contributed by atoms with van der Waals surface area (Å²) in [5, 5.41) is 42.9. The molecule has 5 aliphatic carbocycles. The minimum atomic E-state index is -1.68. The van der Waals surface area contributed by atoms with Gasteiger partial charge in [-0.2, -0.15) is 0 Å². The molecular formula is C38H58O11. The molecule has 276 valence electrons. The fourth-order valence-electron chi connectivity index (χ4n) is 12.3. The Hall–Kier alpha value is -1.89. The molecule has 11 nitrogen and oxygen atoms in total. The van der Waals surface area contributed by atoms with Gasteiger partial charge >= 0.3 is 11.9 Å². The average Bonchev–Trinajstić information content (AvgIpc) is 3.06. The van der Waals surface area contributed by atoms with Gasteiger partial charge in [-0.25, -0.2) is 4.79 Å². The second kappa shape index (κ2) is 12.1. The van der Waals surface area contributed by atoms with Crippen molar-refractivity contribution >= 4 is 17.7 Å². The number of methoxy groups -OCH3 is 2. The predicted octanol–water partition coefficient (Wildman–Crippen LogP) is 3.48. The van der Waals surface area contributed by atoms with E-state index in [2.05, 4.69) is 33.8 Å². The number of fused-ring (bicyclic) bond motifs is 7. The van der Waals surface area contributed by atoms with E-state index in [0.717, 1.165) is 45.6 Å². The smallest absolute Gasteiger partial charge is 0.337 e. The molecule has 0 radical (unpaired) electrons. The van der Waals surface area contributed by atoms with Crippen LogP contribution >= 0.6 is 0 Å². The molecule has 0 aromatic carbocycles. The van der Waals surface area contributed by atoms with Crippen LogP contribution < -0.4 is 0 Å². The van der Waals surface area contributed by atoms with Crippen LogP contribution in [-0.2, 0) is 33.3 Å². The van der Waals surface area contributed by atoms with E-state index < -0.39 is 59.0 Å². The Morgan fingerprint density at radius 1 is 0.898 bits per heavy atom. The first-order valence-electron chi connectivity index (χ1n) is 18.2. The molecule has 0 amide bonds. The Morgan fingerprint density at radius 3 is 2.22 bits per heavy atom. The van der Waals surface area contributed by atoms with Crippen LogP contribution in [0.25, 0.3) is 0 Å². The molecule has 6 aliphatic rings. The third kappa shape index (κ3) is 4.99. The second-order valence-corrected chi connectivity index (χ2v) is 17.9. The van der Waals surface area contributed by atoms with Gasteiger partial charge < -0.3 is 39.4 Å². The number of aliphatic hydroxyl groups is 4. The molecule has 6 rings (SSSR count). The van der Waals surface area contributed by atoms with E-state index >= 15 is 0 Å². The van der Waals surface area contributed by atoms with Gasteiger partial charge in [-0.15, -0.1) is 0 Å². The fraction of sp³-hybridized carbons (Fsp3) is 0.868. The van der Waals surface area contributed by atoms with E-state index in [1.807, 2.05) is 13.8 Å². The van der Waals surface area contributed by atoms with E-state index in [0.29, 0.717) is 12.8 Å². The van der Waals surface area contributed by atoms with E-state index in [1.54, 1.807) is 0 Å². The zero-order valence-corrected chi connectivity index (χ0v) is 30.5. The zero-order chi connectivity index (χ0) is 36.1. The number of rotatable bonds is 5. The summed E-state index contributed by atoms with van der Waals surface area (Å²) >= 11 is 0. The number of aliphatic hydroxyl groups excluding tert-OH is 4. The van der Waals surface area contributed by atoms with Gasteiger partial charge in [-0.05, 0) is 92.3 Å². The van der Waals surface area contributed by atoms with Crippen molar-refractivity contribution in [2.75, 3.05) is 20.8 Å². The monoisotopic (exact) mass is 690 g/mol. The maximum atomic E-state index is 13.8. The highest BCUT2D eigenvalue weighted by Crippen LogP contribution is 2.75. The number of Topliss-reactive ketones (excluding diaryl/α,β-unsaturated/α-hetero) is 1. The summed E-state index contributed by atoms with van der Waals surface area (Å²) < 4.78 is 22.1. The number of ether oxygens (including phenoxy) is 4. The van der Waals surface area contributed by atoms with E-state index in [9.17, 15) is 34.8 Å². The van der Waals surface area contributed by atoms with Crippen molar-refractivity contribution in [3.63, 3.8) is 0 Å². The highest BCUT2D eigenvalue weighted by molar-refractivity contribution is 5.92. The van der Waals surface area contributed by atoms with Crippen LogP contribution in [-0.4, -0.2) is 95.8 Å². The van der Waals surface area contributed by atoms with Crippen molar-refractivity contribution in [2.45, 2.75) is 136 Å². The van der Waals surface area contributed by atoms with Gasteiger partial charge in [0.1, 0.15) is 24.1 Å². The lowest BCUT2D eigenvalue weighted by atomic mass is 9.33. The van der Waals surface area contributed by atoms with Crippen molar-refractivity contribution in [1.82, 2.24) is 0 Å². The SMILES string of the molecule is COC(=O)C1OC(OC2CCC3(C)C(CCC4(C)C3CC=C3C5CC(C)(C(=O)OC)CC(=O)C5(C)CCC34C)C2(C)CO)C(O)C(O)C1O. The van der Waals surface area contributed by atoms with Crippen LogP contribution in [0.3, 0.4) is 0 Å². The van der Waals surface area contributed by atoms with Gasteiger partial charge in [0.05, 0.1) is 32.3 Å². The summed E-state index contributed by atoms with van der Waals surface area (Å²) in [7, 11) is 2.55. The minimum absolute atomic E-state index is 0.0312. The molecule has 1 heterocycles. The van der Waals surface area contributed by atoms with E-state index in [-0.39, 0.29) is 58.8 Å². The Bertz CT molecular complexity index is 1400. The standard InChI is InChI=1S/C38H58O11/c1-33(32(45)47-8)17-21-20-9-10-23-35(3)13-12-25(48-31-28(43)26(41)27(42)29(49-31)30(44)46-7)36(4,19-39)22(35)11-14-38(23,6)37(20,5)16-15-34(21,2)24(40)18-33/h9,21-23,25-29,31,39,41-43H,10-19H2,1-8H3. The number of carbonyl (C=O) groups excluding carboxylic acids is 3. The maximum absolute atomic E-state index is 13.8. The lowest BCUT2D eigenvalue weighted by Crippen LogP contribution is -2.67. The Kier molecular flexibility index (Phi) is 9.10. The predicted molar refractivity (Wildman–Crippen MR) is 176 cm³/mol. The first kappa shape index (κ1) is 36.9. The number of ketones is 1. The van der Waals surface area contributed by atoms with Crippen molar-refractivity contribution in [1.29, 1.82) is 0 Å². The highest BCUT2D eigenvalue weighted by atomic mass is 16.7. The lowest BCUT2D eigenvalue weighted by molar-refractivity contribution is -0.327. The summed E-state index contributed by atoms with van der Waals surface area (Å²) in [5.74, 6) is -0.729. The Morgan fingerprint density at radius 2 is 1.59 bits per heavy atom. The molecule has 0 aromatic rings. The number of hydrogen-bond acceptors (Lipinski definition) is 11. The molecule has 0 spiro atoms. The van der Waals surface area contributed by atoms with Crippen LogP contribution in [0.15, 0.2) is 11.6 Å². The molecule has 15 atom stereocenters. The molecule has 0 aromatic heterocycles. The Balaban J connectivity index is 1.30. The quantitative estimate of drug-likeness (QED) is 0.189. The average molecular weight is 691 g/mol. The molecule has 0 bridgehead atoms. The van der Waals surface area contributed by atoms with Gasteiger partial charge in [0.25, 0.3) is 0 Å². The molecule has 1 aliphatic heterocycles. The number of carbonyl (C=O) groups is 3. The summed E-state index contributed by atoms with van der Waals surface area (Å²) in [5.41, 5.74) is -1.19. The fourth-order valence-corrected chi connectivity index (χ4v) is 12.3. The van der Waals surface area contributed by atoms with Crippen LogP contribution in [0.2, 0.25) is 0 Å². The molecule has 11 heteroatoms. The van der Waals surface area contributed by atoms with Crippen molar-refractivity contribution < 1.29 is 53.8 Å². The number of hydrogen-bond donors (Lipinski definition) is 4. The van der Waals surface area contributed by atoms with Crippen molar-refractivity contribution in [3.05, 3.63) is 11.6 Å². The van der Waals surface area contributed by atoms with Gasteiger partial charge in [0.15, 0.2) is 12.4 Å². The van der Waals surface area contributed by atoms with Gasteiger partial charge in [0, 0.05) is 17.3 Å². The van der Waals surface area contributed by atoms with E-state index in [4.69, 9.17) is 18.9 Å². The molecule has 4 N–H and O–H groups in total. The number of allylic oxidation sites excluding steroid dienone is 2. The normalized spacial score (nSPS) is 52.4. The number of esters is 2. The van der Waals surface area contributed by atoms with Crippen LogP contribution in [0.5, 0.6) is 0 Å². The molecular weight excluding hydrogens is 632 g/mol. The van der Waals surface area contributed by atoms with Crippen LogP contribution in [0.1, 0.15) is 99.3 Å². The first-order valence-corrected chi connectivity index (χ1v) is 18.2. The summed E-state index contributed by atoms with van der Waals surface area (Å²) in [6, 6.07) is 0. The van der Waals surface area contributed by atoms with E-state index in [1.165, 1.54) is 12.7 Å². The maximum Gasteiger partial charge on any atom is 0.337 e. The highest BCUT2D eigenvalue weighted by Gasteiger charge is 2.70. The lowest BCUT2D eigenvalue weighted by Gasteiger charge is -2.71. The van der Waals surface area contributed by atoms with Gasteiger partial charge in [0.2, 0.25) is 0 Å². The minimum Gasteiger partial charge on any atom is -0.469 e. The Labute approximate surface area is 290 Å². The summed E-state index contributed by atoms with van der Waals surface area (Å²) in [6.45, 7) is 13.0. The molecule has 5 fully saturated rings. The van der Waals surface area contributed by atoms with Gasteiger partial charge in [-0.3, -0.25) is 9.59 Å². The molecule has 1 saturated heterocycles.